The number of pyridine rings is 2. The third kappa shape index (κ3) is 9.19. The Hall–Kier alpha value is -3.63. The molecule has 1 aliphatic heterocycles. The van der Waals surface area contributed by atoms with E-state index in [0.29, 0.717) is 10.6 Å². The van der Waals surface area contributed by atoms with E-state index in [2.05, 4.69) is 32.1 Å². The Morgan fingerprint density at radius 2 is 1.69 bits per heavy atom. The molecule has 0 aliphatic carbocycles. The van der Waals surface area contributed by atoms with Gasteiger partial charge in [-0.2, -0.15) is 0 Å². The van der Waals surface area contributed by atoms with E-state index >= 15 is 0 Å². The van der Waals surface area contributed by atoms with Crippen molar-refractivity contribution >= 4 is 22.2 Å². The summed E-state index contributed by atoms with van der Waals surface area (Å²) < 4.78 is 26.7. The summed E-state index contributed by atoms with van der Waals surface area (Å²) in [6.45, 7) is 13.6. The molecule has 4 heterocycles. The van der Waals surface area contributed by atoms with E-state index < -0.39 is 10.8 Å². The molecule has 0 aromatic carbocycles. The number of halogens is 1. The van der Waals surface area contributed by atoms with Gasteiger partial charge in [0.15, 0.2) is 0 Å². The van der Waals surface area contributed by atoms with Crippen LogP contribution in [0.25, 0.3) is 0 Å². The highest BCUT2D eigenvalue weighted by atomic mass is 32.2. The van der Waals surface area contributed by atoms with Crippen LogP contribution in [0.5, 0.6) is 0 Å². The molecule has 1 unspecified atom stereocenters. The monoisotopic (exact) mass is 594 g/mol. The van der Waals surface area contributed by atoms with Crippen molar-refractivity contribution < 1.29 is 8.60 Å². The van der Waals surface area contributed by atoms with Gasteiger partial charge in [-0.05, 0) is 65.4 Å². The summed E-state index contributed by atoms with van der Waals surface area (Å²) in [5.74, 6) is -0.255. The molecule has 1 aliphatic rings. The molecular formula is C32H43FN6O2S. The first kappa shape index (κ1) is 32.9. The van der Waals surface area contributed by atoms with Gasteiger partial charge in [-0.15, -0.1) is 0 Å². The summed E-state index contributed by atoms with van der Waals surface area (Å²) in [5.41, 5.74) is 6.13. The van der Waals surface area contributed by atoms with Crippen LogP contribution in [0.1, 0.15) is 41.0 Å². The topological polar surface area (TPSA) is 83.4 Å². The number of hydrogen-bond donors (Lipinski definition) is 1. The van der Waals surface area contributed by atoms with Gasteiger partial charge in [-0.1, -0.05) is 23.8 Å². The summed E-state index contributed by atoms with van der Waals surface area (Å²) >= 11 is 0. The van der Waals surface area contributed by atoms with E-state index in [9.17, 15) is 13.4 Å². The van der Waals surface area contributed by atoms with Gasteiger partial charge in [0.25, 0.3) is 5.56 Å². The minimum absolute atomic E-state index is 0.0252. The Labute approximate surface area is 251 Å². The molecule has 8 nitrogen and oxygen atoms in total. The molecule has 42 heavy (non-hydrogen) atoms. The fourth-order valence-corrected chi connectivity index (χ4v) is 5.41. The number of nitrogens with zero attached hydrogens (tertiary/aromatic N) is 5. The SMILES string of the molecule is Cc1cc([C@@H](C)Nc2ccc(C)nc2S(C)=O)cccn(C)c(=O)c(C)c1.Cc1ncc(F)cc1N1CCN(C)CC1. The van der Waals surface area contributed by atoms with Crippen LogP contribution >= 0.6 is 0 Å². The molecule has 0 radical (unpaired) electrons. The van der Waals surface area contributed by atoms with Crippen LogP contribution in [0.3, 0.4) is 0 Å². The van der Waals surface area contributed by atoms with Gasteiger partial charge >= 0.3 is 0 Å². The van der Waals surface area contributed by atoms with Crippen molar-refractivity contribution in [1.29, 1.82) is 0 Å². The molecule has 3 aromatic heterocycles. The molecule has 0 saturated carbocycles. The third-order valence-corrected chi connectivity index (χ3v) is 7.96. The first-order valence-corrected chi connectivity index (χ1v) is 15.6. The molecule has 4 rings (SSSR count). The Morgan fingerprint density at radius 1 is 1.00 bits per heavy atom. The first-order chi connectivity index (χ1) is 19.8. The molecular weight excluding hydrogens is 551 g/mol. The summed E-state index contributed by atoms with van der Waals surface area (Å²) in [5, 5.41) is 3.98. The first-order valence-electron chi connectivity index (χ1n) is 14.0. The number of aromatic nitrogens is 3. The molecule has 226 valence electrons. The second-order valence-electron chi connectivity index (χ2n) is 10.8. The lowest BCUT2D eigenvalue weighted by Gasteiger charge is -2.34. The van der Waals surface area contributed by atoms with E-state index in [1.54, 1.807) is 30.1 Å². The van der Waals surface area contributed by atoms with Gasteiger partial charge in [0.1, 0.15) is 10.8 Å². The van der Waals surface area contributed by atoms with Gasteiger partial charge in [-0.25, -0.2) is 9.37 Å². The Bertz CT molecular complexity index is 1530. The maximum atomic E-state index is 13.1. The van der Waals surface area contributed by atoms with Crippen LogP contribution in [0, 0.1) is 33.5 Å². The zero-order valence-corrected chi connectivity index (χ0v) is 26.8. The standard InChI is InChI=1S/C21H27N3O2S.C11H16FN3/c1-14-12-15(2)21(25)24(5)11-7-8-18(13-14)17(4)23-19-10-9-16(3)22-20(19)27(6)26;1-9-11(7-10(12)8-13-9)15-5-3-14(2)4-6-15/h7-13,17,23H,1-6H3;7-8H,3-6H2,1-2H3/t17-,27?;/m1./s1. The Kier molecular flexibility index (Phi) is 11.8. The van der Waals surface area contributed by atoms with Crippen LogP contribution in [-0.2, 0) is 17.8 Å². The van der Waals surface area contributed by atoms with Crippen LogP contribution in [0.4, 0.5) is 15.8 Å². The number of piperazine rings is 1. The highest BCUT2D eigenvalue weighted by Crippen LogP contribution is 2.24. The van der Waals surface area contributed by atoms with Gasteiger partial charge in [0.2, 0.25) is 0 Å². The average molecular weight is 595 g/mol. The molecule has 0 amide bonds. The van der Waals surface area contributed by atoms with Gasteiger partial charge < -0.3 is 19.7 Å². The van der Waals surface area contributed by atoms with Crippen molar-refractivity contribution in [1.82, 2.24) is 19.4 Å². The lowest BCUT2D eigenvalue weighted by atomic mass is 10.1. The van der Waals surface area contributed by atoms with Crippen molar-refractivity contribution in [2.75, 3.05) is 49.7 Å². The number of anilines is 2. The van der Waals surface area contributed by atoms with E-state index in [4.69, 9.17) is 0 Å². The Morgan fingerprint density at radius 3 is 2.36 bits per heavy atom. The highest BCUT2D eigenvalue weighted by molar-refractivity contribution is 7.84. The van der Waals surface area contributed by atoms with Gasteiger partial charge in [0.05, 0.1) is 34.1 Å². The smallest absolute Gasteiger partial charge is 0.253 e. The zero-order valence-electron chi connectivity index (χ0n) is 25.9. The van der Waals surface area contributed by atoms with Crippen molar-refractivity contribution in [3.8, 4) is 0 Å². The van der Waals surface area contributed by atoms with Crippen LogP contribution in [0.2, 0.25) is 0 Å². The summed E-state index contributed by atoms with van der Waals surface area (Å²) in [4.78, 5) is 25.1. The van der Waals surface area contributed by atoms with Gasteiger partial charge in [0, 0.05) is 69.0 Å². The van der Waals surface area contributed by atoms with Crippen molar-refractivity contribution in [2.24, 2.45) is 7.05 Å². The van der Waals surface area contributed by atoms with E-state index in [-0.39, 0.29) is 17.4 Å². The molecule has 0 bridgehead atoms. The van der Waals surface area contributed by atoms with Crippen molar-refractivity contribution in [2.45, 2.75) is 45.7 Å². The maximum Gasteiger partial charge on any atom is 0.253 e. The number of nitrogens with one attached hydrogen (secondary N) is 1. The maximum absolute atomic E-state index is 13.1. The highest BCUT2D eigenvalue weighted by Gasteiger charge is 2.17. The summed E-state index contributed by atoms with van der Waals surface area (Å²) in [6.07, 6.45) is 4.66. The van der Waals surface area contributed by atoms with Crippen molar-refractivity contribution in [3.63, 3.8) is 0 Å². The van der Waals surface area contributed by atoms with E-state index in [1.165, 1.54) is 6.20 Å². The molecule has 0 spiro atoms. The molecule has 3 aromatic rings. The number of aryl methyl sites for hydroxylation is 5. The largest absolute Gasteiger partial charge is 0.376 e. The zero-order chi connectivity index (χ0) is 31.0. The van der Waals surface area contributed by atoms with Crippen LogP contribution in [-0.4, -0.2) is 63.1 Å². The van der Waals surface area contributed by atoms with Gasteiger partial charge in [-0.3, -0.25) is 14.0 Å². The van der Waals surface area contributed by atoms with Crippen LogP contribution in [0.15, 0.2) is 64.7 Å². The number of rotatable bonds is 5. The Balaban J connectivity index is 0.000000271. The molecule has 1 saturated heterocycles. The molecule has 1 N–H and O–H groups in total. The molecule has 1 fully saturated rings. The predicted molar refractivity (Wildman–Crippen MR) is 171 cm³/mol. The number of hydrogen-bond acceptors (Lipinski definition) is 7. The second-order valence-corrected chi connectivity index (χ2v) is 12.1. The predicted octanol–water partition coefficient (Wildman–Crippen LogP) is 5.02. The van der Waals surface area contributed by atoms with Crippen molar-refractivity contribution in [3.05, 3.63) is 99.1 Å². The summed E-state index contributed by atoms with van der Waals surface area (Å²) in [7, 11) is 2.67. The van der Waals surface area contributed by atoms with E-state index in [0.717, 1.165) is 60.1 Å². The minimum atomic E-state index is -1.18. The third-order valence-electron chi connectivity index (χ3n) is 7.11. The lowest BCUT2D eigenvalue weighted by molar-refractivity contribution is 0.312. The minimum Gasteiger partial charge on any atom is -0.376 e. The summed E-state index contributed by atoms with van der Waals surface area (Å²) in [6, 6.07) is 13.1. The number of likely N-dealkylation sites (N-methyl/N-ethyl adjacent to an activating group) is 1. The molecule has 2 atom stereocenters. The van der Waals surface area contributed by atoms with E-state index in [1.807, 2.05) is 71.0 Å². The average Bonchev–Trinajstić information content (AvgIpc) is 2.94. The fourth-order valence-electron chi connectivity index (χ4n) is 4.70. The lowest BCUT2D eigenvalue weighted by Crippen LogP contribution is -2.44. The fraction of sp³-hybridized carbons (Fsp3) is 0.406. The quantitative estimate of drug-likeness (QED) is 0.444. The second kappa shape index (κ2) is 15.0. The normalized spacial score (nSPS) is 14.7. The molecule has 10 heteroatoms. The van der Waals surface area contributed by atoms with Crippen LogP contribution < -0.4 is 15.8 Å².